The summed E-state index contributed by atoms with van der Waals surface area (Å²) < 4.78 is 13.5. The molecule has 228 valence electrons. The maximum atomic E-state index is 12.6. The molecule has 1 fully saturated rings. The Kier molecular flexibility index (Phi) is 9.00. The van der Waals surface area contributed by atoms with E-state index in [1.54, 1.807) is 11.2 Å². The Morgan fingerprint density at radius 2 is 1.79 bits per heavy atom. The zero-order valence-corrected chi connectivity index (χ0v) is 25.6. The molecule has 2 aromatic carbocycles. The Bertz CT molecular complexity index is 1540. The lowest BCUT2D eigenvalue weighted by Gasteiger charge is -2.35. The van der Waals surface area contributed by atoms with Gasteiger partial charge in [0, 0.05) is 44.3 Å². The predicted octanol–water partition coefficient (Wildman–Crippen LogP) is 5.11. The number of amides is 1. The van der Waals surface area contributed by atoms with E-state index in [2.05, 4.69) is 35.1 Å². The Morgan fingerprint density at radius 1 is 1.05 bits per heavy atom. The van der Waals surface area contributed by atoms with Gasteiger partial charge in [-0.2, -0.15) is 9.97 Å². The number of anilines is 2. The summed E-state index contributed by atoms with van der Waals surface area (Å²) in [5, 5.41) is 12.9. The first-order valence-electron chi connectivity index (χ1n) is 14.8. The van der Waals surface area contributed by atoms with Gasteiger partial charge in [-0.3, -0.25) is 0 Å². The Labute approximate surface area is 252 Å². The molecule has 1 aliphatic heterocycles. The molecule has 0 bridgehead atoms. The second-order valence-corrected chi connectivity index (χ2v) is 11.9. The molecule has 1 aliphatic rings. The molecule has 0 spiro atoms. The van der Waals surface area contributed by atoms with Crippen molar-refractivity contribution in [2.45, 2.75) is 52.8 Å². The maximum absolute atomic E-state index is 12.6. The van der Waals surface area contributed by atoms with Crippen LogP contribution in [0.15, 0.2) is 54.9 Å². The number of ether oxygens (including phenoxy) is 2. The van der Waals surface area contributed by atoms with E-state index in [0.29, 0.717) is 55.8 Å². The van der Waals surface area contributed by atoms with Crippen LogP contribution in [0.5, 0.6) is 5.75 Å². The largest absolute Gasteiger partial charge is 0.491 e. The van der Waals surface area contributed by atoms with Gasteiger partial charge < -0.3 is 34.3 Å². The summed E-state index contributed by atoms with van der Waals surface area (Å²) in [5.41, 5.74) is 3.92. The molecule has 4 aromatic rings. The molecule has 0 atom stereocenters. The number of fused-ring (bicyclic) bond motifs is 1. The van der Waals surface area contributed by atoms with Crippen molar-refractivity contribution < 1.29 is 19.4 Å². The highest BCUT2D eigenvalue weighted by Gasteiger charge is 2.28. The summed E-state index contributed by atoms with van der Waals surface area (Å²) in [6.07, 6.45) is 1.50. The van der Waals surface area contributed by atoms with Crippen LogP contribution in [0.25, 0.3) is 22.3 Å². The van der Waals surface area contributed by atoms with Crippen molar-refractivity contribution in [1.29, 1.82) is 0 Å². The van der Waals surface area contributed by atoms with Crippen LogP contribution < -0.4 is 15.0 Å². The Hall–Kier alpha value is -4.38. The third-order valence-electron chi connectivity index (χ3n) is 7.12. The molecule has 43 heavy (non-hydrogen) atoms. The molecule has 2 aromatic heterocycles. The highest BCUT2D eigenvalue weighted by Crippen LogP contribution is 2.32. The summed E-state index contributed by atoms with van der Waals surface area (Å²) >= 11 is 0. The van der Waals surface area contributed by atoms with Crippen LogP contribution in [0.3, 0.4) is 0 Å². The number of piperazine rings is 1. The number of aliphatic hydroxyl groups is 1. The molecule has 1 saturated heterocycles. The molecule has 0 radical (unpaired) electrons. The van der Waals surface area contributed by atoms with E-state index >= 15 is 0 Å². The fraction of sp³-hybridized carbons (Fsp3) is 0.438. The van der Waals surface area contributed by atoms with E-state index < -0.39 is 5.60 Å². The molecule has 0 saturated carbocycles. The van der Waals surface area contributed by atoms with Gasteiger partial charge in [-0.25, -0.2) is 9.78 Å². The summed E-state index contributed by atoms with van der Waals surface area (Å²) in [5.74, 6) is 1.94. The number of nitrogens with one attached hydrogen (secondary N) is 1. The number of aliphatic hydroxyl groups excluding tert-OH is 1. The van der Waals surface area contributed by atoms with Crippen LogP contribution in [-0.2, 0) is 11.3 Å². The topological polar surface area (TPSA) is 118 Å². The molecule has 5 rings (SSSR count). The normalized spacial score (nSPS) is 13.9. The van der Waals surface area contributed by atoms with E-state index in [0.717, 1.165) is 22.3 Å². The van der Waals surface area contributed by atoms with Crippen LogP contribution in [0, 0.1) is 0 Å². The first-order valence-corrected chi connectivity index (χ1v) is 14.8. The van der Waals surface area contributed by atoms with Gasteiger partial charge in [0.25, 0.3) is 0 Å². The molecule has 3 heterocycles. The molecule has 11 heteroatoms. The van der Waals surface area contributed by atoms with Crippen molar-refractivity contribution in [3.63, 3.8) is 0 Å². The average Bonchev–Trinajstić information content (AvgIpc) is 3.43. The summed E-state index contributed by atoms with van der Waals surface area (Å²) in [7, 11) is 0. The number of carbonyl (C=O) groups excluding carboxylic acids is 1. The number of aromatic nitrogens is 4. The number of hydrogen-bond donors (Lipinski definition) is 2. The van der Waals surface area contributed by atoms with Crippen molar-refractivity contribution in [2.75, 3.05) is 49.6 Å². The quantitative estimate of drug-likeness (QED) is 0.275. The number of hydrogen-bond acceptors (Lipinski definition) is 9. The van der Waals surface area contributed by atoms with E-state index in [9.17, 15) is 9.90 Å². The van der Waals surface area contributed by atoms with Gasteiger partial charge in [-0.15, -0.1) is 0 Å². The van der Waals surface area contributed by atoms with E-state index in [1.165, 1.54) is 0 Å². The SMILES string of the molecule is CC(C)n1cnc2c(NCc3ccc(-c4ccccc4)c(OCCO)c3)nc(N3CCN(C(=O)OC(C)(C)C)CC3)nc21. The minimum atomic E-state index is -0.536. The van der Waals surface area contributed by atoms with Crippen LogP contribution >= 0.6 is 0 Å². The van der Waals surface area contributed by atoms with E-state index in [4.69, 9.17) is 19.4 Å². The van der Waals surface area contributed by atoms with Gasteiger partial charge >= 0.3 is 6.09 Å². The van der Waals surface area contributed by atoms with Crippen LogP contribution in [0.1, 0.15) is 46.2 Å². The van der Waals surface area contributed by atoms with Gasteiger partial charge in [0.05, 0.1) is 12.9 Å². The monoisotopic (exact) mass is 587 g/mol. The number of carbonyl (C=O) groups is 1. The lowest BCUT2D eigenvalue weighted by molar-refractivity contribution is 0.0240. The maximum Gasteiger partial charge on any atom is 0.410 e. The van der Waals surface area contributed by atoms with Crippen molar-refractivity contribution in [1.82, 2.24) is 24.4 Å². The van der Waals surface area contributed by atoms with Gasteiger partial charge in [-0.05, 0) is 51.8 Å². The second-order valence-electron chi connectivity index (χ2n) is 11.9. The summed E-state index contributed by atoms with van der Waals surface area (Å²) in [6, 6.07) is 16.3. The summed E-state index contributed by atoms with van der Waals surface area (Å²) in [4.78, 5) is 30.9. The zero-order chi connectivity index (χ0) is 30.6. The third kappa shape index (κ3) is 7.16. The third-order valence-corrected chi connectivity index (χ3v) is 7.12. The van der Waals surface area contributed by atoms with E-state index in [-0.39, 0.29) is 25.3 Å². The van der Waals surface area contributed by atoms with Crippen LogP contribution in [-0.4, -0.2) is 80.6 Å². The second kappa shape index (κ2) is 12.9. The minimum absolute atomic E-state index is 0.0665. The molecule has 0 aliphatic carbocycles. The van der Waals surface area contributed by atoms with Crippen LogP contribution in [0.4, 0.5) is 16.6 Å². The molecule has 2 N–H and O–H groups in total. The standard InChI is InChI=1S/C32H41N7O4/c1-22(2)39-21-34-27-28(33-20-23-11-12-25(24-9-7-6-8-10-24)26(19-23)42-18-17-40)35-30(36-29(27)39)37-13-15-38(16-14-37)31(41)43-32(3,4)5/h6-12,19,21-22,40H,13-18,20H2,1-5H3,(H,33,35,36). The highest BCUT2D eigenvalue weighted by molar-refractivity contribution is 5.84. The molecular weight excluding hydrogens is 546 g/mol. The number of imidazole rings is 1. The Morgan fingerprint density at radius 3 is 2.47 bits per heavy atom. The molecular formula is C32H41N7O4. The predicted molar refractivity (Wildman–Crippen MR) is 168 cm³/mol. The highest BCUT2D eigenvalue weighted by atomic mass is 16.6. The van der Waals surface area contributed by atoms with Crippen molar-refractivity contribution in [3.8, 4) is 16.9 Å². The number of rotatable bonds is 9. The lowest BCUT2D eigenvalue weighted by atomic mass is 10.0. The number of benzene rings is 2. The van der Waals surface area contributed by atoms with Gasteiger partial charge in [-0.1, -0.05) is 42.5 Å². The smallest absolute Gasteiger partial charge is 0.410 e. The molecule has 1 amide bonds. The van der Waals surface area contributed by atoms with Crippen LogP contribution in [0.2, 0.25) is 0 Å². The number of nitrogens with zero attached hydrogens (tertiary/aromatic N) is 6. The van der Waals surface area contributed by atoms with E-state index in [1.807, 2.05) is 67.8 Å². The van der Waals surface area contributed by atoms with Crippen molar-refractivity contribution in [3.05, 3.63) is 60.4 Å². The fourth-order valence-electron chi connectivity index (χ4n) is 4.96. The first-order chi connectivity index (χ1) is 20.6. The van der Waals surface area contributed by atoms with Gasteiger partial charge in [0.1, 0.15) is 18.0 Å². The van der Waals surface area contributed by atoms with Gasteiger partial charge in [0.2, 0.25) is 5.95 Å². The Balaban J connectivity index is 1.38. The van der Waals surface area contributed by atoms with Gasteiger partial charge in [0.15, 0.2) is 17.0 Å². The average molecular weight is 588 g/mol. The van der Waals surface area contributed by atoms with Crippen molar-refractivity contribution >= 4 is 29.0 Å². The first kappa shape index (κ1) is 30.1. The molecule has 0 unspecified atom stereocenters. The zero-order valence-electron chi connectivity index (χ0n) is 25.6. The molecule has 11 nitrogen and oxygen atoms in total. The van der Waals surface area contributed by atoms with Crippen molar-refractivity contribution in [2.24, 2.45) is 0 Å². The lowest BCUT2D eigenvalue weighted by Crippen LogP contribution is -2.50. The summed E-state index contributed by atoms with van der Waals surface area (Å²) in [6.45, 7) is 12.7. The fourth-order valence-corrected chi connectivity index (χ4v) is 4.96. The minimum Gasteiger partial charge on any atom is -0.491 e.